The number of rotatable bonds is 16. The van der Waals surface area contributed by atoms with Crippen LogP contribution in [0.3, 0.4) is 0 Å². The average Bonchev–Trinajstić information content (AvgIpc) is 2.65. The van der Waals surface area contributed by atoms with Gasteiger partial charge in [-0.2, -0.15) is 0 Å². The van der Waals surface area contributed by atoms with Crippen LogP contribution in [0.5, 0.6) is 0 Å². The van der Waals surface area contributed by atoms with Gasteiger partial charge in [-0.25, -0.2) is 4.39 Å². The molecule has 1 N–H and O–H groups in total. The number of carbonyl (C=O) groups excluding carboxylic acids is 1. The fraction of sp³-hybridized carbons (Fsp3) is 0.609. The number of halogens is 1. The lowest BCUT2D eigenvalue weighted by Crippen LogP contribution is -2.30. The van der Waals surface area contributed by atoms with Crippen molar-refractivity contribution in [3.63, 3.8) is 0 Å². The van der Waals surface area contributed by atoms with Crippen molar-refractivity contribution < 1.29 is 9.18 Å². The lowest BCUT2D eigenvalue weighted by molar-refractivity contribution is -0.124. The van der Waals surface area contributed by atoms with Crippen LogP contribution in [0.25, 0.3) is 0 Å². The normalized spacial score (nSPS) is 13.5. The summed E-state index contributed by atoms with van der Waals surface area (Å²) in [6.45, 7) is 3.73. The van der Waals surface area contributed by atoms with E-state index in [4.69, 9.17) is 0 Å². The van der Waals surface area contributed by atoms with E-state index >= 15 is 0 Å². The molecule has 0 aromatic carbocycles. The SMILES string of the molecule is CCCCC/C=C\C/C=C\C/C=C\C/C=C\CC[C@@H](C)C(=O)NCCF. The van der Waals surface area contributed by atoms with Gasteiger partial charge in [-0.1, -0.05) is 75.3 Å². The number of allylic oxidation sites excluding steroid dienone is 8. The molecule has 0 saturated heterocycles. The van der Waals surface area contributed by atoms with Gasteiger partial charge < -0.3 is 5.32 Å². The van der Waals surface area contributed by atoms with Gasteiger partial charge in [0.1, 0.15) is 6.67 Å². The van der Waals surface area contributed by atoms with Crippen molar-refractivity contribution in [3.05, 3.63) is 48.6 Å². The molecule has 2 nitrogen and oxygen atoms in total. The van der Waals surface area contributed by atoms with Crippen LogP contribution in [0.15, 0.2) is 48.6 Å². The number of unbranched alkanes of at least 4 members (excludes halogenated alkanes) is 3. The zero-order chi connectivity index (χ0) is 19.3. The summed E-state index contributed by atoms with van der Waals surface area (Å²) in [5.41, 5.74) is 0. The van der Waals surface area contributed by atoms with Crippen LogP contribution in [0, 0.1) is 5.92 Å². The van der Waals surface area contributed by atoms with Gasteiger partial charge in [0.2, 0.25) is 5.91 Å². The minimum Gasteiger partial charge on any atom is -0.353 e. The Balaban J connectivity index is 3.58. The summed E-state index contributed by atoms with van der Waals surface area (Å²) >= 11 is 0. The first-order valence-electron chi connectivity index (χ1n) is 10.2. The van der Waals surface area contributed by atoms with Gasteiger partial charge in [-0.15, -0.1) is 0 Å². The molecule has 0 fully saturated rings. The number of amides is 1. The number of alkyl halides is 1. The number of hydrogen-bond donors (Lipinski definition) is 1. The fourth-order valence-corrected chi connectivity index (χ4v) is 2.38. The highest BCUT2D eigenvalue weighted by Crippen LogP contribution is 2.06. The molecule has 148 valence electrons. The van der Waals surface area contributed by atoms with Crippen molar-refractivity contribution in [2.75, 3.05) is 13.2 Å². The molecule has 0 spiro atoms. The Morgan fingerprint density at radius 2 is 1.42 bits per heavy atom. The lowest BCUT2D eigenvalue weighted by atomic mass is 10.0. The summed E-state index contributed by atoms with van der Waals surface area (Å²) in [5, 5.41) is 2.58. The van der Waals surface area contributed by atoms with Crippen molar-refractivity contribution in [2.24, 2.45) is 5.92 Å². The molecule has 0 unspecified atom stereocenters. The van der Waals surface area contributed by atoms with Crippen LogP contribution in [0.2, 0.25) is 0 Å². The molecule has 0 bridgehead atoms. The van der Waals surface area contributed by atoms with E-state index in [1.807, 2.05) is 6.92 Å². The number of hydrogen-bond acceptors (Lipinski definition) is 1. The first-order valence-corrected chi connectivity index (χ1v) is 10.2. The predicted molar refractivity (Wildman–Crippen MR) is 112 cm³/mol. The maximum Gasteiger partial charge on any atom is 0.222 e. The van der Waals surface area contributed by atoms with Crippen LogP contribution >= 0.6 is 0 Å². The number of carbonyl (C=O) groups is 1. The Bertz CT molecular complexity index is 437. The lowest BCUT2D eigenvalue weighted by Gasteiger charge is -2.09. The molecule has 26 heavy (non-hydrogen) atoms. The molecule has 1 atom stereocenters. The summed E-state index contributed by atoms with van der Waals surface area (Å²) in [6.07, 6.45) is 27.3. The van der Waals surface area contributed by atoms with Gasteiger partial charge in [0.05, 0.1) is 0 Å². The molecule has 1 amide bonds. The minimum absolute atomic E-state index is 0.0569. The van der Waals surface area contributed by atoms with Gasteiger partial charge in [-0.05, 0) is 44.9 Å². The molecule has 0 saturated carbocycles. The summed E-state index contributed by atoms with van der Waals surface area (Å²) in [4.78, 5) is 11.6. The molecule has 0 aromatic heterocycles. The molecular weight excluding hydrogens is 325 g/mol. The summed E-state index contributed by atoms with van der Waals surface area (Å²) < 4.78 is 12.0. The van der Waals surface area contributed by atoms with Crippen molar-refractivity contribution in [3.8, 4) is 0 Å². The van der Waals surface area contributed by atoms with Crippen molar-refractivity contribution in [1.82, 2.24) is 5.32 Å². The van der Waals surface area contributed by atoms with E-state index < -0.39 is 6.67 Å². The second-order valence-electron chi connectivity index (χ2n) is 6.55. The summed E-state index contributed by atoms with van der Waals surface area (Å²) in [5.74, 6) is -0.119. The molecular formula is C23H38FNO. The number of nitrogens with one attached hydrogen (secondary N) is 1. The van der Waals surface area contributed by atoms with Crippen molar-refractivity contribution in [1.29, 1.82) is 0 Å². The zero-order valence-electron chi connectivity index (χ0n) is 16.8. The highest BCUT2D eigenvalue weighted by molar-refractivity contribution is 5.78. The highest BCUT2D eigenvalue weighted by Gasteiger charge is 2.10. The smallest absolute Gasteiger partial charge is 0.222 e. The quantitative estimate of drug-likeness (QED) is 0.247. The van der Waals surface area contributed by atoms with E-state index in [0.717, 1.165) is 32.1 Å². The third-order valence-electron chi connectivity index (χ3n) is 4.07. The van der Waals surface area contributed by atoms with Crippen LogP contribution in [-0.2, 0) is 4.79 Å². The van der Waals surface area contributed by atoms with Gasteiger partial charge in [0.15, 0.2) is 0 Å². The Kier molecular flexibility index (Phi) is 18.4. The Morgan fingerprint density at radius 1 is 0.885 bits per heavy atom. The van der Waals surface area contributed by atoms with Gasteiger partial charge >= 0.3 is 0 Å². The maximum atomic E-state index is 12.0. The molecule has 0 aliphatic heterocycles. The monoisotopic (exact) mass is 363 g/mol. The first kappa shape index (κ1) is 24.4. The molecule has 0 rings (SSSR count). The van der Waals surface area contributed by atoms with Crippen molar-refractivity contribution >= 4 is 5.91 Å². The third-order valence-corrected chi connectivity index (χ3v) is 4.07. The topological polar surface area (TPSA) is 29.1 Å². The van der Waals surface area contributed by atoms with E-state index in [1.165, 1.54) is 25.7 Å². The van der Waals surface area contributed by atoms with E-state index in [0.29, 0.717) is 0 Å². The molecule has 0 aliphatic carbocycles. The minimum atomic E-state index is -0.504. The highest BCUT2D eigenvalue weighted by atomic mass is 19.1. The fourth-order valence-electron chi connectivity index (χ4n) is 2.38. The Labute approximate surface area is 160 Å². The maximum absolute atomic E-state index is 12.0. The zero-order valence-corrected chi connectivity index (χ0v) is 16.8. The third kappa shape index (κ3) is 17.2. The van der Waals surface area contributed by atoms with E-state index in [-0.39, 0.29) is 18.4 Å². The molecule has 0 radical (unpaired) electrons. The largest absolute Gasteiger partial charge is 0.353 e. The summed E-state index contributed by atoms with van der Waals surface area (Å²) in [6, 6.07) is 0. The predicted octanol–water partition coefficient (Wildman–Crippen LogP) is 6.46. The van der Waals surface area contributed by atoms with E-state index in [1.54, 1.807) is 0 Å². The van der Waals surface area contributed by atoms with Crippen LogP contribution in [0.1, 0.15) is 71.6 Å². The van der Waals surface area contributed by atoms with E-state index in [2.05, 4.69) is 60.8 Å². The average molecular weight is 364 g/mol. The van der Waals surface area contributed by atoms with E-state index in [9.17, 15) is 9.18 Å². The van der Waals surface area contributed by atoms with Crippen LogP contribution in [-0.4, -0.2) is 19.1 Å². The summed E-state index contributed by atoms with van der Waals surface area (Å²) in [7, 11) is 0. The Morgan fingerprint density at radius 3 is 1.96 bits per heavy atom. The van der Waals surface area contributed by atoms with Crippen LogP contribution < -0.4 is 5.32 Å². The Hall–Kier alpha value is -1.64. The second kappa shape index (κ2) is 19.7. The van der Waals surface area contributed by atoms with Gasteiger partial charge in [0, 0.05) is 12.5 Å². The van der Waals surface area contributed by atoms with Gasteiger partial charge in [-0.3, -0.25) is 4.79 Å². The van der Waals surface area contributed by atoms with Crippen molar-refractivity contribution in [2.45, 2.75) is 71.6 Å². The molecule has 0 heterocycles. The van der Waals surface area contributed by atoms with Crippen LogP contribution in [0.4, 0.5) is 4.39 Å². The second-order valence-corrected chi connectivity index (χ2v) is 6.55. The molecule has 0 aromatic rings. The molecule has 3 heteroatoms. The van der Waals surface area contributed by atoms with Gasteiger partial charge in [0.25, 0.3) is 0 Å². The molecule has 0 aliphatic rings. The first-order chi connectivity index (χ1) is 12.7. The standard InChI is InChI=1S/C23H38FNO/c1-3-4-5-6-7-8-9-10-11-12-13-14-15-16-17-18-19-22(2)23(26)25-21-20-24/h7-8,10-11,13-14,16-17,22H,3-6,9,12,15,18-21H2,1-2H3,(H,25,26)/b8-7-,11-10-,14-13-,17-16-/t22-/m1/s1.